The van der Waals surface area contributed by atoms with E-state index in [1.807, 2.05) is 4.90 Å². The monoisotopic (exact) mass is 463 g/mol. The predicted octanol–water partition coefficient (Wildman–Crippen LogP) is 2.36. The minimum atomic E-state index is -0.111. The first-order chi connectivity index (χ1) is 13.6. The molecule has 4 rings (SSSR count). The number of anilines is 2. The third-order valence-electron chi connectivity index (χ3n) is 4.80. The number of carbonyl (C=O) groups excluding carboxylic acids is 1. The van der Waals surface area contributed by atoms with Gasteiger partial charge in [0.15, 0.2) is 17.3 Å². The predicted molar refractivity (Wildman–Crippen MR) is 114 cm³/mol. The second kappa shape index (κ2) is 8.56. The van der Waals surface area contributed by atoms with Crippen molar-refractivity contribution in [2.24, 2.45) is 0 Å². The average molecular weight is 464 g/mol. The molecule has 3 aromatic rings. The topological polar surface area (TPSA) is 107 Å². The normalized spacial score (nSPS) is 13.9. The summed E-state index contributed by atoms with van der Waals surface area (Å²) in [5, 5.41) is 0.702. The maximum atomic E-state index is 12.4. The maximum absolute atomic E-state index is 12.4. The van der Waals surface area contributed by atoms with E-state index in [-0.39, 0.29) is 22.9 Å². The van der Waals surface area contributed by atoms with Crippen LogP contribution in [-0.2, 0) is 0 Å². The lowest BCUT2D eigenvalue weighted by Crippen LogP contribution is -2.49. The Kier molecular flexibility index (Phi) is 6.12. The lowest BCUT2D eigenvalue weighted by atomic mass is 10.2. The van der Waals surface area contributed by atoms with E-state index in [0.717, 1.165) is 0 Å². The molecule has 0 aliphatic carbocycles. The van der Waals surface area contributed by atoms with Crippen LogP contribution in [0.15, 0.2) is 34.9 Å². The van der Waals surface area contributed by atoms with Gasteiger partial charge in [-0.1, -0.05) is 0 Å². The van der Waals surface area contributed by atoms with Crippen LogP contribution >= 0.6 is 17.0 Å². The molecule has 0 unspecified atom stereocenters. The minimum Gasteiger partial charge on any atom is -0.493 e. The Labute approximate surface area is 178 Å². The van der Waals surface area contributed by atoms with Crippen LogP contribution in [0.2, 0.25) is 0 Å². The molecule has 3 heterocycles. The van der Waals surface area contributed by atoms with Gasteiger partial charge in [0.25, 0.3) is 5.91 Å². The zero-order chi connectivity index (χ0) is 19.7. The van der Waals surface area contributed by atoms with Gasteiger partial charge >= 0.3 is 0 Å². The van der Waals surface area contributed by atoms with Crippen molar-refractivity contribution < 1.29 is 18.7 Å². The van der Waals surface area contributed by atoms with E-state index in [1.54, 1.807) is 43.4 Å². The Balaban J connectivity index is 0.00000240. The highest BCUT2D eigenvalue weighted by atomic mass is 79.9. The second-order valence-corrected chi connectivity index (χ2v) is 6.39. The summed E-state index contributed by atoms with van der Waals surface area (Å²) in [7, 11) is 3.14. The minimum absolute atomic E-state index is 0. The van der Waals surface area contributed by atoms with E-state index in [2.05, 4.69) is 9.97 Å². The molecule has 154 valence electrons. The quantitative estimate of drug-likeness (QED) is 0.627. The molecule has 1 fully saturated rings. The molecule has 1 aliphatic rings. The SMILES string of the molecule is Br.COc1cc2nc(N3CCN(C(=O)c4ccco4)CC3)nc(N)c2cc1OC. The third-order valence-corrected chi connectivity index (χ3v) is 4.80. The zero-order valence-electron chi connectivity index (χ0n) is 16.1. The number of fused-ring (bicyclic) bond motifs is 1. The molecule has 10 heteroatoms. The Hall–Kier alpha value is -3.01. The fourth-order valence-electron chi connectivity index (χ4n) is 3.27. The number of furan rings is 1. The number of hydrogen-bond acceptors (Lipinski definition) is 8. The summed E-state index contributed by atoms with van der Waals surface area (Å²) < 4.78 is 15.9. The van der Waals surface area contributed by atoms with E-state index in [1.165, 1.54) is 6.26 Å². The molecule has 0 radical (unpaired) electrons. The Morgan fingerprint density at radius 3 is 2.41 bits per heavy atom. The first-order valence-corrected chi connectivity index (χ1v) is 8.87. The number of amides is 1. The van der Waals surface area contributed by atoms with Gasteiger partial charge in [0, 0.05) is 37.6 Å². The van der Waals surface area contributed by atoms with E-state index >= 15 is 0 Å². The molecule has 1 aliphatic heterocycles. The van der Waals surface area contributed by atoms with Crippen molar-refractivity contribution >= 4 is 45.6 Å². The van der Waals surface area contributed by atoms with Crippen molar-refractivity contribution in [3.05, 3.63) is 36.3 Å². The number of benzene rings is 1. The van der Waals surface area contributed by atoms with E-state index in [9.17, 15) is 4.79 Å². The number of nitrogens with two attached hydrogens (primary N) is 1. The second-order valence-electron chi connectivity index (χ2n) is 6.39. The van der Waals surface area contributed by atoms with E-state index in [4.69, 9.17) is 19.6 Å². The molecule has 0 saturated carbocycles. The van der Waals surface area contributed by atoms with Gasteiger partial charge in [0.05, 0.1) is 26.0 Å². The standard InChI is InChI=1S/C19H21N5O4.BrH/c1-26-15-10-12-13(11-16(15)27-2)21-19(22-17(12)20)24-7-5-23(6-8-24)18(25)14-4-3-9-28-14;/h3-4,9-11H,5-8H2,1-2H3,(H2,20,21,22);1H. The Morgan fingerprint density at radius 1 is 1.10 bits per heavy atom. The molecule has 1 aromatic carbocycles. The third kappa shape index (κ3) is 3.93. The average Bonchev–Trinajstić information content (AvgIpc) is 3.27. The van der Waals surface area contributed by atoms with E-state index < -0.39 is 0 Å². The van der Waals surface area contributed by atoms with Crippen molar-refractivity contribution in [3.8, 4) is 11.5 Å². The highest BCUT2D eigenvalue weighted by molar-refractivity contribution is 8.93. The molecule has 2 N–H and O–H groups in total. The number of methoxy groups -OCH3 is 2. The number of halogens is 1. The van der Waals surface area contributed by atoms with Crippen LogP contribution in [0.1, 0.15) is 10.6 Å². The van der Waals surface area contributed by atoms with Crippen LogP contribution in [0, 0.1) is 0 Å². The zero-order valence-corrected chi connectivity index (χ0v) is 17.8. The summed E-state index contributed by atoms with van der Waals surface area (Å²) in [5.74, 6) is 2.29. The molecular weight excluding hydrogens is 442 g/mol. The van der Waals surface area contributed by atoms with Crippen LogP contribution in [0.25, 0.3) is 10.9 Å². The van der Waals surface area contributed by atoms with Gasteiger partial charge < -0.3 is 29.4 Å². The molecule has 2 aromatic heterocycles. The van der Waals surface area contributed by atoms with Gasteiger partial charge in [-0.05, 0) is 18.2 Å². The molecule has 1 saturated heterocycles. The van der Waals surface area contributed by atoms with Crippen LogP contribution in [0.4, 0.5) is 11.8 Å². The van der Waals surface area contributed by atoms with Gasteiger partial charge in [-0.15, -0.1) is 17.0 Å². The summed E-state index contributed by atoms with van der Waals surface area (Å²) in [6.45, 7) is 2.30. The molecule has 0 spiro atoms. The fraction of sp³-hybridized carbons (Fsp3) is 0.316. The van der Waals surface area contributed by atoms with Crippen LogP contribution in [0.3, 0.4) is 0 Å². The number of piperazine rings is 1. The molecule has 29 heavy (non-hydrogen) atoms. The van der Waals surface area contributed by atoms with Crippen molar-refractivity contribution in [2.45, 2.75) is 0 Å². The van der Waals surface area contributed by atoms with Gasteiger partial charge in [0.2, 0.25) is 5.95 Å². The molecule has 1 amide bonds. The number of carbonyl (C=O) groups is 1. The molecule has 0 atom stereocenters. The first-order valence-electron chi connectivity index (χ1n) is 8.87. The van der Waals surface area contributed by atoms with Crippen LogP contribution in [-0.4, -0.2) is 61.2 Å². The molecule has 9 nitrogen and oxygen atoms in total. The van der Waals surface area contributed by atoms with Crippen molar-refractivity contribution in [1.29, 1.82) is 0 Å². The summed E-state index contributed by atoms with van der Waals surface area (Å²) in [4.78, 5) is 25.3. The maximum Gasteiger partial charge on any atom is 0.289 e. The van der Waals surface area contributed by atoms with E-state index in [0.29, 0.717) is 66.1 Å². The van der Waals surface area contributed by atoms with Crippen LogP contribution < -0.4 is 20.1 Å². The number of ether oxygens (including phenoxy) is 2. The van der Waals surface area contributed by atoms with Gasteiger partial charge in [0.1, 0.15) is 5.82 Å². The summed E-state index contributed by atoms with van der Waals surface area (Å²) in [6, 6.07) is 6.93. The lowest BCUT2D eigenvalue weighted by Gasteiger charge is -2.34. The summed E-state index contributed by atoms with van der Waals surface area (Å²) in [5.41, 5.74) is 6.84. The smallest absolute Gasteiger partial charge is 0.289 e. The van der Waals surface area contributed by atoms with Gasteiger partial charge in [-0.2, -0.15) is 4.98 Å². The summed E-state index contributed by atoms with van der Waals surface area (Å²) in [6.07, 6.45) is 1.50. The summed E-state index contributed by atoms with van der Waals surface area (Å²) >= 11 is 0. The molecule has 0 bridgehead atoms. The van der Waals surface area contributed by atoms with Crippen molar-refractivity contribution in [3.63, 3.8) is 0 Å². The largest absolute Gasteiger partial charge is 0.493 e. The number of aromatic nitrogens is 2. The van der Waals surface area contributed by atoms with Gasteiger partial charge in [-0.25, -0.2) is 4.98 Å². The number of nitrogens with zero attached hydrogens (tertiary/aromatic N) is 4. The Morgan fingerprint density at radius 2 is 1.79 bits per heavy atom. The Bertz CT molecular complexity index is 1000. The first kappa shape index (κ1) is 20.7. The molecular formula is C19H22BrN5O4. The van der Waals surface area contributed by atoms with Gasteiger partial charge in [-0.3, -0.25) is 4.79 Å². The van der Waals surface area contributed by atoms with Crippen LogP contribution in [0.5, 0.6) is 11.5 Å². The highest BCUT2D eigenvalue weighted by Gasteiger charge is 2.25. The van der Waals surface area contributed by atoms with Crippen molar-refractivity contribution in [2.75, 3.05) is 51.0 Å². The number of hydrogen-bond donors (Lipinski definition) is 1. The van der Waals surface area contributed by atoms with Crippen molar-refractivity contribution in [1.82, 2.24) is 14.9 Å². The fourth-order valence-corrected chi connectivity index (χ4v) is 3.27. The highest BCUT2D eigenvalue weighted by Crippen LogP contribution is 2.34. The lowest BCUT2D eigenvalue weighted by molar-refractivity contribution is 0.0714. The number of rotatable bonds is 4. The number of nitrogen functional groups attached to an aromatic ring is 1.